The highest BCUT2D eigenvalue weighted by Gasteiger charge is 2.21. The molecule has 0 atom stereocenters. The van der Waals surface area contributed by atoms with Gasteiger partial charge in [-0.15, -0.1) is 0 Å². The van der Waals surface area contributed by atoms with Gasteiger partial charge >= 0.3 is 0 Å². The molecule has 63 heavy (non-hydrogen) atoms. The van der Waals surface area contributed by atoms with Crippen LogP contribution in [0.1, 0.15) is 0 Å². The first-order valence-corrected chi connectivity index (χ1v) is 21.1. The number of benzene rings is 9. The van der Waals surface area contributed by atoms with Crippen molar-refractivity contribution in [3.63, 3.8) is 0 Å². The van der Waals surface area contributed by atoms with Crippen LogP contribution >= 0.6 is 0 Å². The van der Waals surface area contributed by atoms with Crippen LogP contribution in [0.4, 0.5) is 0 Å². The van der Waals surface area contributed by atoms with Gasteiger partial charge in [-0.05, 0) is 95.1 Å². The van der Waals surface area contributed by atoms with E-state index in [1.54, 1.807) is 0 Å². The van der Waals surface area contributed by atoms with Gasteiger partial charge in [-0.3, -0.25) is 0 Å². The average Bonchev–Trinajstić information content (AvgIpc) is 4.03. The molecular formula is C57H34N4O2. The van der Waals surface area contributed by atoms with Crippen molar-refractivity contribution >= 4 is 65.7 Å². The van der Waals surface area contributed by atoms with Gasteiger partial charge in [0.25, 0.3) is 0 Å². The van der Waals surface area contributed by atoms with Crippen LogP contribution in [0.3, 0.4) is 0 Å². The Bertz CT molecular complexity index is 3850. The number of hydrogen-bond acceptors (Lipinski definition) is 5. The molecule has 6 heteroatoms. The van der Waals surface area contributed by atoms with Crippen LogP contribution in [-0.2, 0) is 0 Å². The lowest BCUT2D eigenvalue weighted by molar-refractivity contribution is 0.668. The Kier molecular flexibility index (Phi) is 7.80. The molecule has 0 saturated heterocycles. The molecule has 9 aromatic carbocycles. The van der Waals surface area contributed by atoms with Gasteiger partial charge in [-0.2, -0.15) is 0 Å². The number of nitrogens with zero attached hydrogens (tertiary/aromatic N) is 4. The summed E-state index contributed by atoms with van der Waals surface area (Å²) in [5.74, 6) is 1.83. The number of aromatic nitrogens is 4. The fourth-order valence-corrected chi connectivity index (χ4v) is 9.37. The summed E-state index contributed by atoms with van der Waals surface area (Å²) < 4.78 is 15.5. The van der Waals surface area contributed by atoms with Gasteiger partial charge in [-0.1, -0.05) is 133 Å². The molecule has 0 saturated carbocycles. The molecule has 0 unspecified atom stereocenters. The van der Waals surface area contributed by atoms with Crippen LogP contribution in [0.5, 0.6) is 0 Å². The molecule has 0 aliphatic heterocycles. The predicted octanol–water partition coefficient (Wildman–Crippen LogP) is 15.1. The molecule has 294 valence electrons. The third-order valence-electron chi connectivity index (χ3n) is 12.3. The van der Waals surface area contributed by atoms with Gasteiger partial charge in [-0.25, -0.2) is 15.0 Å². The van der Waals surface area contributed by atoms with Crippen molar-refractivity contribution in [3.05, 3.63) is 206 Å². The highest BCUT2D eigenvalue weighted by molar-refractivity contribution is 6.20. The van der Waals surface area contributed by atoms with E-state index in [0.29, 0.717) is 17.5 Å². The summed E-state index contributed by atoms with van der Waals surface area (Å²) in [7, 11) is 0. The second-order valence-corrected chi connectivity index (χ2v) is 15.9. The van der Waals surface area contributed by atoms with Crippen LogP contribution < -0.4 is 0 Å². The summed E-state index contributed by atoms with van der Waals surface area (Å²) in [5.41, 5.74) is 13.9. The summed E-state index contributed by atoms with van der Waals surface area (Å²) in [6, 6.07) is 71.6. The van der Waals surface area contributed by atoms with E-state index in [4.69, 9.17) is 23.8 Å². The zero-order valence-electron chi connectivity index (χ0n) is 33.7. The quantitative estimate of drug-likeness (QED) is 0.167. The smallest absolute Gasteiger partial charge is 0.164 e. The Hall–Kier alpha value is -8.61. The minimum Gasteiger partial charge on any atom is -0.456 e. The highest BCUT2D eigenvalue weighted by Crippen LogP contribution is 2.44. The van der Waals surface area contributed by atoms with Crippen LogP contribution in [0.25, 0.3) is 128 Å². The summed E-state index contributed by atoms with van der Waals surface area (Å²) in [5, 5.41) is 6.56. The van der Waals surface area contributed by atoms with Gasteiger partial charge in [0.1, 0.15) is 22.3 Å². The van der Waals surface area contributed by atoms with Gasteiger partial charge in [0.05, 0.1) is 11.0 Å². The summed E-state index contributed by atoms with van der Waals surface area (Å²) >= 11 is 0. The van der Waals surface area contributed by atoms with Crippen molar-refractivity contribution in [2.75, 3.05) is 0 Å². The van der Waals surface area contributed by atoms with E-state index >= 15 is 0 Å². The van der Waals surface area contributed by atoms with E-state index < -0.39 is 0 Å². The average molecular weight is 807 g/mol. The maximum absolute atomic E-state index is 6.59. The lowest BCUT2D eigenvalue weighted by Gasteiger charge is -2.09. The van der Waals surface area contributed by atoms with Crippen LogP contribution in [0.15, 0.2) is 215 Å². The Morgan fingerprint density at radius 1 is 0.302 bits per heavy atom. The normalized spacial score (nSPS) is 11.8. The SMILES string of the molecule is c1ccc(-c2nc(-c3ccccc3)nc(-c3ccc4oc5cccc(-c6cccc7oc8ccc(-c9ccc%10c(c9)c9ccccc9n%10-c9ccccc9)cc8c67)c5c4c3)n2)cc1. The summed E-state index contributed by atoms with van der Waals surface area (Å²) in [6.07, 6.45) is 0. The number of para-hydroxylation sites is 2. The molecule has 13 rings (SSSR count). The monoisotopic (exact) mass is 806 g/mol. The van der Waals surface area contributed by atoms with Crippen LogP contribution in [-0.4, -0.2) is 19.5 Å². The fourth-order valence-electron chi connectivity index (χ4n) is 9.37. The van der Waals surface area contributed by atoms with Crippen molar-refractivity contribution < 1.29 is 8.83 Å². The molecule has 0 spiro atoms. The number of rotatable bonds is 6. The second kappa shape index (κ2) is 14.0. The largest absolute Gasteiger partial charge is 0.456 e. The Morgan fingerprint density at radius 2 is 0.762 bits per heavy atom. The minimum atomic E-state index is 0.592. The minimum absolute atomic E-state index is 0.592. The van der Waals surface area contributed by atoms with E-state index in [9.17, 15) is 0 Å². The summed E-state index contributed by atoms with van der Waals surface area (Å²) in [6.45, 7) is 0. The molecule has 0 N–H and O–H groups in total. The molecule has 0 bridgehead atoms. The fraction of sp³-hybridized carbons (Fsp3) is 0. The molecule has 0 fully saturated rings. The number of fused-ring (bicyclic) bond motifs is 9. The first-order chi connectivity index (χ1) is 31.2. The molecule has 0 aliphatic carbocycles. The predicted molar refractivity (Wildman–Crippen MR) is 256 cm³/mol. The van der Waals surface area contributed by atoms with Crippen molar-refractivity contribution in [2.45, 2.75) is 0 Å². The van der Waals surface area contributed by atoms with E-state index in [1.165, 1.54) is 21.8 Å². The zero-order valence-corrected chi connectivity index (χ0v) is 33.7. The molecule has 4 heterocycles. The first-order valence-electron chi connectivity index (χ1n) is 21.1. The molecule has 0 aliphatic rings. The standard InChI is InChI=1S/C57H34N4O2/c1-4-14-35(15-5-1)55-58-56(36-16-6-2-7-17-36)60-57(59-55)39-28-31-50-46(34-39)54-43(22-13-25-52(54)63-50)42-21-12-24-51-53(42)45-33-38(27-30-49(45)62-51)37-26-29-48-44(32-37)41-20-10-11-23-47(41)61(48)40-18-8-3-9-19-40/h1-34H. The van der Waals surface area contributed by atoms with Gasteiger partial charge in [0.2, 0.25) is 0 Å². The third-order valence-corrected chi connectivity index (χ3v) is 12.3. The third kappa shape index (κ3) is 5.69. The molecule has 0 amide bonds. The lowest BCUT2D eigenvalue weighted by Crippen LogP contribution is -2.00. The van der Waals surface area contributed by atoms with Crippen molar-refractivity contribution in [1.29, 1.82) is 0 Å². The molecular weight excluding hydrogens is 773 g/mol. The van der Waals surface area contributed by atoms with E-state index in [-0.39, 0.29) is 0 Å². The first kappa shape index (κ1) is 35.2. The Labute approximate surface area is 361 Å². The maximum atomic E-state index is 6.59. The van der Waals surface area contributed by atoms with Crippen molar-refractivity contribution in [2.24, 2.45) is 0 Å². The van der Waals surface area contributed by atoms with Crippen LogP contribution in [0, 0.1) is 0 Å². The van der Waals surface area contributed by atoms with Crippen LogP contribution in [0.2, 0.25) is 0 Å². The molecule has 4 aromatic heterocycles. The van der Waals surface area contributed by atoms with Crippen molar-refractivity contribution in [3.8, 4) is 62.1 Å². The Morgan fingerprint density at radius 3 is 1.37 bits per heavy atom. The second-order valence-electron chi connectivity index (χ2n) is 15.9. The topological polar surface area (TPSA) is 69.9 Å². The Balaban J connectivity index is 0.971. The maximum Gasteiger partial charge on any atom is 0.164 e. The van der Waals surface area contributed by atoms with E-state index in [2.05, 4.69) is 132 Å². The lowest BCUT2D eigenvalue weighted by atomic mass is 9.94. The van der Waals surface area contributed by atoms with Gasteiger partial charge in [0, 0.05) is 54.7 Å². The molecule has 13 aromatic rings. The van der Waals surface area contributed by atoms with Crippen molar-refractivity contribution in [1.82, 2.24) is 19.5 Å². The van der Waals surface area contributed by atoms with E-state index in [0.717, 1.165) is 88.5 Å². The van der Waals surface area contributed by atoms with Gasteiger partial charge in [0.15, 0.2) is 17.5 Å². The van der Waals surface area contributed by atoms with E-state index in [1.807, 2.05) is 78.9 Å². The van der Waals surface area contributed by atoms with Gasteiger partial charge < -0.3 is 13.4 Å². The highest BCUT2D eigenvalue weighted by atomic mass is 16.3. The molecule has 6 nitrogen and oxygen atoms in total. The molecule has 0 radical (unpaired) electrons. The number of furan rings is 2. The number of hydrogen-bond donors (Lipinski definition) is 0. The summed E-state index contributed by atoms with van der Waals surface area (Å²) in [4.78, 5) is 15.0. The zero-order chi connectivity index (χ0) is 41.4.